The second-order valence-electron chi connectivity index (χ2n) is 4.98. The van der Waals surface area contributed by atoms with E-state index >= 15 is 0 Å². The summed E-state index contributed by atoms with van der Waals surface area (Å²) in [5.41, 5.74) is 2.30. The van der Waals surface area contributed by atoms with E-state index in [0.29, 0.717) is 19.1 Å². The second-order valence-corrected chi connectivity index (χ2v) is 4.98. The maximum atomic E-state index is 12.0. The summed E-state index contributed by atoms with van der Waals surface area (Å²) >= 11 is 0. The molecule has 4 heteroatoms. The summed E-state index contributed by atoms with van der Waals surface area (Å²) in [6.45, 7) is 6.05. The molecule has 1 N–H and O–H groups in total. The van der Waals surface area contributed by atoms with E-state index in [4.69, 9.17) is 0 Å². The fraction of sp³-hybridized carbons (Fsp3) is 0.600. The van der Waals surface area contributed by atoms with Crippen molar-refractivity contribution in [2.45, 2.75) is 45.7 Å². The highest BCUT2D eigenvalue weighted by atomic mass is 16.2. The van der Waals surface area contributed by atoms with Gasteiger partial charge < -0.3 is 10.2 Å². The lowest BCUT2D eigenvalue weighted by molar-refractivity contribution is -0.130. The van der Waals surface area contributed by atoms with Gasteiger partial charge in [0.15, 0.2) is 0 Å². The number of aromatic nitrogens is 1. The van der Waals surface area contributed by atoms with Crippen molar-refractivity contribution in [2.75, 3.05) is 13.1 Å². The molecular formula is C15H23N3O. The minimum absolute atomic E-state index is 0.207. The summed E-state index contributed by atoms with van der Waals surface area (Å²) in [6, 6.07) is 4.55. The Morgan fingerprint density at radius 2 is 2.26 bits per heavy atom. The van der Waals surface area contributed by atoms with Crippen LogP contribution >= 0.6 is 0 Å². The summed E-state index contributed by atoms with van der Waals surface area (Å²) in [5, 5.41) is 3.22. The number of carbonyl (C=O) groups excluding carboxylic acids is 1. The molecule has 0 saturated heterocycles. The van der Waals surface area contributed by atoms with Crippen LogP contribution in [0.2, 0.25) is 0 Å². The Bertz CT molecular complexity index is 429. The molecule has 0 atom stereocenters. The van der Waals surface area contributed by atoms with E-state index in [1.165, 1.54) is 18.4 Å². The van der Waals surface area contributed by atoms with Gasteiger partial charge in [0.1, 0.15) is 0 Å². The van der Waals surface area contributed by atoms with Gasteiger partial charge in [0, 0.05) is 25.3 Å². The molecule has 4 nitrogen and oxygen atoms in total. The molecular weight excluding hydrogens is 238 g/mol. The zero-order chi connectivity index (χ0) is 13.7. The SMILES string of the molecule is CCc1cccnc1CNCC(=O)N(CC)C1CC1. The highest BCUT2D eigenvalue weighted by Crippen LogP contribution is 2.26. The Kier molecular flexibility index (Phi) is 4.91. The maximum absolute atomic E-state index is 12.0. The molecule has 104 valence electrons. The van der Waals surface area contributed by atoms with Crippen LogP contribution in [0.25, 0.3) is 0 Å². The Labute approximate surface area is 115 Å². The summed E-state index contributed by atoms with van der Waals surface area (Å²) in [7, 11) is 0. The predicted octanol–water partition coefficient (Wildman–Crippen LogP) is 1.74. The third-order valence-corrected chi connectivity index (χ3v) is 3.58. The predicted molar refractivity (Wildman–Crippen MR) is 75.7 cm³/mol. The first-order valence-corrected chi connectivity index (χ1v) is 7.19. The van der Waals surface area contributed by atoms with Crippen molar-refractivity contribution in [2.24, 2.45) is 0 Å². The van der Waals surface area contributed by atoms with Crippen LogP contribution in [0.15, 0.2) is 18.3 Å². The summed E-state index contributed by atoms with van der Waals surface area (Å²) in [4.78, 5) is 18.4. The van der Waals surface area contributed by atoms with Crippen molar-refractivity contribution in [1.82, 2.24) is 15.2 Å². The molecule has 1 aromatic heterocycles. The fourth-order valence-electron chi connectivity index (χ4n) is 2.37. The van der Waals surface area contributed by atoms with Gasteiger partial charge in [-0.1, -0.05) is 13.0 Å². The van der Waals surface area contributed by atoms with Crippen molar-refractivity contribution in [1.29, 1.82) is 0 Å². The minimum Gasteiger partial charge on any atom is -0.339 e. The molecule has 1 heterocycles. The Hall–Kier alpha value is -1.42. The first-order chi connectivity index (χ1) is 9.26. The molecule has 0 bridgehead atoms. The van der Waals surface area contributed by atoms with E-state index in [1.807, 2.05) is 17.9 Å². The number of hydrogen-bond donors (Lipinski definition) is 1. The molecule has 1 aliphatic rings. The standard InChI is InChI=1S/C15H23N3O/c1-3-12-6-5-9-17-14(12)10-16-11-15(19)18(4-2)13-7-8-13/h5-6,9,13,16H,3-4,7-8,10-11H2,1-2H3. The monoisotopic (exact) mass is 261 g/mol. The van der Waals surface area contributed by atoms with Crippen molar-refractivity contribution in [3.8, 4) is 0 Å². The lowest BCUT2D eigenvalue weighted by atomic mass is 10.1. The zero-order valence-electron chi connectivity index (χ0n) is 11.9. The van der Waals surface area contributed by atoms with Gasteiger partial charge in [-0.05, 0) is 37.8 Å². The van der Waals surface area contributed by atoms with Crippen molar-refractivity contribution in [3.05, 3.63) is 29.6 Å². The van der Waals surface area contributed by atoms with Gasteiger partial charge in [-0.15, -0.1) is 0 Å². The Balaban J connectivity index is 1.81. The number of likely N-dealkylation sites (N-methyl/N-ethyl adjacent to an activating group) is 1. The minimum atomic E-state index is 0.207. The molecule has 1 amide bonds. The summed E-state index contributed by atoms with van der Waals surface area (Å²) < 4.78 is 0. The normalized spacial score (nSPS) is 14.4. The van der Waals surface area contributed by atoms with Gasteiger partial charge in [0.2, 0.25) is 5.91 Å². The Morgan fingerprint density at radius 1 is 1.47 bits per heavy atom. The quantitative estimate of drug-likeness (QED) is 0.813. The van der Waals surface area contributed by atoms with Crippen LogP contribution in [-0.2, 0) is 17.8 Å². The molecule has 0 unspecified atom stereocenters. The van der Waals surface area contributed by atoms with E-state index in [9.17, 15) is 4.79 Å². The van der Waals surface area contributed by atoms with Crippen LogP contribution in [0.4, 0.5) is 0 Å². The number of nitrogens with zero attached hydrogens (tertiary/aromatic N) is 2. The van der Waals surface area contributed by atoms with Crippen LogP contribution in [0, 0.1) is 0 Å². The Morgan fingerprint density at radius 3 is 2.89 bits per heavy atom. The molecule has 1 saturated carbocycles. The molecule has 1 fully saturated rings. The van der Waals surface area contributed by atoms with E-state index in [-0.39, 0.29) is 5.91 Å². The molecule has 0 spiro atoms. The topological polar surface area (TPSA) is 45.2 Å². The van der Waals surface area contributed by atoms with Crippen LogP contribution < -0.4 is 5.32 Å². The average Bonchev–Trinajstić information content (AvgIpc) is 3.25. The lowest BCUT2D eigenvalue weighted by Gasteiger charge is -2.20. The number of amides is 1. The van der Waals surface area contributed by atoms with Crippen LogP contribution in [0.5, 0.6) is 0 Å². The summed E-state index contributed by atoms with van der Waals surface area (Å²) in [6.07, 6.45) is 5.11. The molecule has 0 aromatic carbocycles. The maximum Gasteiger partial charge on any atom is 0.236 e. The lowest BCUT2D eigenvalue weighted by Crippen LogP contribution is -2.39. The van der Waals surface area contributed by atoms with E-state index in [0.717, 1.165) is 18.7 Å². The first kappa shape index (κ1) is 14.0. The fourth-order valence-corrected chi connectivity index (χ4v) is 2.37. The van der Waals surface area contributed by atoms with Gasteiger partial charge in [-0.2, -0.15) is 0 Å². The number of hydrogen-bond acceptors (Lipinski definition) is 3. The number of carbonyl (C=O) groups is 1. The van der Waals surface area contributed by atoms with Crippen LogP contribution in [-0.4, -0.2) is 34.9 Å². The van der Waals surface area contributed by atoms with Gasteiger partial charge in [-0.25, -0.2) is 0 Å². The summed E-state index contributed by atoms with van der Waals surface area (Å²) in [5.74, 6) is 0.207. The highest BCUT2D eigenvalue weighted by molar-refractivity contribution is 5.78. The number of aryl methyl sites for hydroxylation is 1. The largest absolute Gasteiger partial charge is 0.339 e. The van der Waals surface area contributed by atoms with Gasteiger partial charge in [0.05, 0.1) is 12.2 Å². The average molecular weight is 261 g/mol. The molecule has 1 aliphatic carbocycles. The van der Waals surface area contributed by atoms with Crippen molar-refractivity contribution in [3.63, 3.8) is 0 Å². The number of rotatable bonds is 7. The van der Waals surface area contributed by atoms with E-state index in [2.05, 4.69) is 23.3 Å². The third kappa shape index (κ3) is 3.77. The van der Waals surface area contributed by atoms with Crippen LogP contribution in [0.3, 0.4) is 0 Å². The van der Waals surface area contributed by atoms with E-state index < -0.39 is 0 Å². The van der Waals surface area contributed by atoms with Gasteiger partial charge >= 0.3 is 0 Å². The van der Waals surface area contributed by atoms with E-state index in [1.54, 1.807) is 6.20 Å². The second kappa shape index (κ2) is 6.66. The molecule has 1 aromatic rings. The van der Waals surface area contributed by atoms with Crippen molar-refractivity contribution < 1.29 is 4.79 Å². The van der Waals surface area contributed by atoms with Crippen molar-refractivity contribution >= 4 is 5.91 Å². The third-order valence-electron chi connectivity index (χ3n) is 3.58. The molecule has 19 heavy (non-hydrogen) atoms. The number of nitrogens with one attached hydrogen (secondary N) is 1. The number of pyridine rings is 1. The molecule has 0 aliphatic heterocycles. The zero-order valence-corrected chi connectivity index (χ0v) is 11.9. The first-order valence-electron chi connectivity index (χ1n) is 7.19. The highest BCUT2D eigenvalue weighted by Gasteiger charge is 2.30. The van der Waals surface area contributed by atoms with Gasteiger partial charge in [-0.3, -0.25) is 9.78 Å². The van der Waals surface area contributed by atoms with Crippen LogP contribution in [0.1, 0.15) is 37.9 Å². The smallest absolute Gasteiger partial charge is 0.236 e. The van der Waals surface area contributed by atoms with Gasteiger partial charge in [0.25, 0.3) is 0 Å². The molecule has 0 radical (unpaired) electrons. The molecule has 2 rings (SSSR count).